The van der Waals surface area contributed by atoms with Crippen LogP contribution in [0.3, 0.4) is 0 Å². The predicted molar refractivity (Wildman–Crippen MR) is 114 cm³/mol. The summed E-state index contributed by atoms with van der Waals surface area (Å²) in [6.45, 7) is 2.33. The lowest BCUT2D eigenvalue weighted by atomic mass is 10.2. The zero-order chi connectivity index (χ0) is 20.3. The largest absolute Gasteiger partial charge is 0.465 e. The Morgan fingerprint density at radius 3 is 2.71 bits per heavy atom. The normalized spacial score (nSPS) is 16.9. The first-order valence-corrected chi connectivity index (χ1v) is 9.94. The standard InChI is InChI=1S/C20H16Cl2N2O3S/c1-3-24-18(25)16(11-12-6-5-9-15(21)17(12)22)28-20(24)23-14-8-4-7-13(10-14)19(26)27-2/h4-11H,3H2,1-2H3. The summed E-state index contributed by atoms with van der Waals surface area (Å²) < 4.78 is 4.74. The highest BCUT2D eigenvalue weighted by atomic mass is 35.5. The number of ether oxygens (including phenoxy) is 1. The number of rotatable bonds is 4. The second kappa shape index (κ2) is 8.82. The van der Waals surface area contributed by atoms with Crippen LogP contribution in [0.2, 0.25) is 10.0 Å². The van der Waals surface area contributed by atoms with Crippen molar-refractivity contribution in [1.82, 2.24) is 4.90 Å². The maximum absolute atomic E-state index is 12.8. The van der Waals surface area contributed by atoms with Gasteiger partial charge in [-0.1, -0.05) is 41.4 Å². The number of methoxy groups -OCH3 is 1. The highest BCUT2D eigenvalue weighted by Gasteiger charge is 2.32. The Balaban J connectivity index is 1.96. The molecule has 0 N–H and O–H groups in total. The van der Waals surface area contributed by atoms with Gasteiger partial charge in [-0.25, -0.2) is 9.79 Å². The molecule has 144 valence electrons. The molecule has 3 rings (SSSR count). The van der Waals surface area contributed by atoms with Crippen molar-refractivity contribution in [2.75, 3.05) is 13.7 Å². The van der Waals surface area contributed by atoms with E-state index >= 15 is 0 Å². The van der Waals surface area contributed by atoms with Crippen LogP contribution in [0.5, 0.6) is 0 Å². The molecule has 0 spiro atoms. The summed E-state index contributed by atoms with van der Waals surface area (Å²) >= 11 is 13.5. The summed E-state index contributed by atoms with van der Waals surface area (Å²) in [7, 11) is 1.32. The van der Waals surface area contributed by atoms with E-state index in [1.54, 1.807) is 53.4 Å². The molecule has 0 bridgehead atoms. The van der Waals surface area contributed by atoms with E-state index in [9.17, 15) is 9.59 Å². The summed E-state index contributed by atoms with van der Waals surface area (Å²) in [4.78, 5) is 31.1. The number of halogens is 2. The van der Waals surface area contributed by atoms with Gasteiger partial charge >= 0.3 is 5.97 Å². The third-order valence-electron chi connectivity index (χ3n) is 3.96. The Morgan fingerprint density at radius 1 is 1.25 bits per heavy atom. The first-order valence-electron chi connectivity index (χ1n) is 8.37. The Morgan fingerprint density at radius 2 is 2.00 bits per heavy atom. The fourth-order valence-electron chi connectivity index (χ4n) is 2.57. The van der Waals surface area contributed by atoms with Crippen LogP contribution in [0, 0.1) is 0 Å². The Hall–Kier alpha value is -2.28. The number of hydrogen-bond acceptors (Lipinski definition) is 5. The van der Waals surface area contributed by atoms with Gasteiger partial charge in [-0.2, -0.15) is 0 Å². The number of nitrogens with zero attached hydrogens (tertiary/aromatic N) is 2. The number of benzene rings is 2. The molecule has 1 amide bonds. The average molecular weight is 435 g/mol. The molecule has 5 nitrogen and oxygen atoms in total. The van der Waals surface area contributed by atoms with Crippen molar-refractivity contribution in [2.45, 2.75) is 6.92 Å². The van der Waals surface area contributed by atoms with Crippen LogP contribution >= 0.6 is 35.0 Å². The summed E-state index contributed by atoms with van der Waals surface area (Å²) in [5, 5.41) is 1.34. The minimum absolute atomic E-state index is 0.161. The topological polar surface area (TPSA) is 59.0 Å². The Kier molecular flexibility index (Phi) is 6.44. The zero-order valence-corrected chi connectivity index (χ0v) is 17.4. The molecule has 0 aliphatic carbocycles. The number of thioether (sulfide) groups is 1. The summed E-state index contributed by atoms with van der Waals surface area (Å²) in [6.07, 6.45) is 1.71. The fourth-order valence-corrected chi connectivity index (χ4v) is 3.99. The number of esters is 1. The lowest BCUT2D eigenvalue weighted by molar-refractivity contribution is -0.122. The van der Waals surface area contributed by atoms with E-state index in [-0.39, 0.29) is 5.91 Å². The van der Waals surface area contributed by atoms with E-state index < -0.39 is 5.97 Å². The van der Waals surface area contributed by atoms with Crippen molar-refractivity contribution in [3.8, 4) is 0 Å². The zero-order valence-electron chi connectivity index (χ0n) is 15.1. The highest BCUT2D eigenvalue weighted by molar-refractivity contribution is 8.18. The van der Waals surface area contributed by atoms with E-state index in [1.807, 2.05) is 6.92 Å². The smallest absolute Gasteiger partial charge is 0.337 e. The van der Waals surface area contributed by atoms with Crippen LogP contribution in [0.4, 0.5) is 5.69 Å². The van der Waals surface area contributed by atoms with Gasteiger partial charge in [-0.15, -0.1) is 0 Å². The van der Waals surface area contributed by atoms with E-state index in [1.165, 1.54) is 18.9 Å². The van der Waals surface area contributed by atoms with Crippen LogP contribution in [0.25, 0.3) is 6.08 Å². The van der Waals surface area contributed by atoms with Crippen LogP contribution in [0.15, 0.2) is 52.4 Å². The van der Waals surface area contributed by atoms with Crippen molar-refractivity contribution < 1.29 is 14.3 Å². The molecule has 0 aromatic heterocycles. The third-order valence-corrected chi connectivity index (χ3v) is 5.80. The number of amidine groups is 1. The van der Waals surface area contributed by atoms with Gasteiger partial charge < -0.3 is 4.74 Å². The van der Waals surface area contributed by atoms with Gasteiger partial charge in [-0.3, -0.25) is 9.69 Å². The third kappa shape index (κ3) is 4.24. The molecule has 1 heterocycles. The van der Waals surface area contributed by atoms with E-state index in [4.69, 9.17) is 27.9 Å². The number of carbonyl (C=O) groups excluding carboxylic acids is 2. The molecule has 1 aliphatic rings. The average Bonchev–Trinajstić information content (AvgIpc) is 2.99. The number of carbonyl (C=O) groups is 2. The quantitative estimate of drug-likeness (QED) is 0.477. The van der Waals surface area contributed by atoms with Gasteiger partial charge in [0, 0.05) is 6.54 Å². The van der Waals surface area contributed by atoms with Gasteiger partial charge in [0.25, 0.3) is 5.91 Å². The minimum atomic E-state index is -0.444. The first-order chi connectivity index (χ1) is 13.4. The lowest BCUT2D eigenvalue weighted by Crippen LogP contribution is -2.28. The summed E-state index contributed by atoms with van der Waals surface area (Å²) in [6, 6.07) is 12.0. The SMILES string of the molecule is CCN1C(=O)C(=Cc2cccc(Cl)c2Cl)SC1=Nc1cccc(C(=O)OC)c1. The van der Waals surface area contributed by atoms with E-state index in [0.717, 1.165) is 0 Å². The van der Waals surface area contributed by atoms with Crippen LogP contribution in [-0.2, 0) is 9.53 Å². The number of hydrogen-bond donors (Lipinski definition) is 0. The molecule has 0 unspecified atom stereocenters. The van der Waals surface area contributed by atoms with Crippen molar-refractivity contribution in [1.29, 1.82) is 0 Å². The van der Waals surface area contributed by atoms with Crippen LogP contribution in [-0.4, -0.2) is 35.6 Å². The maximum Gasteiger partial charge on any atom is 0.337 e. The molecule has 1 fully saturated rings. The van der Waals surface area contributed by atoms with Gasteiger partial charge in [0.15, 0.2) is 5.17 Å². The monoisotopic (exact) mass is 434 g/mol. The van der Waals surface area contributed by atoms with Crippen molar-refractivity contribution >= 4 is 63.8 Å². The van der Waals surface area contributed by atoms with Crippen molar-refractivity contribution in [3.05, 3.63) is 68.5 Å². The molecule has 2 aromatic rings. The molecule has 0 atom stereocenters. The van der Waals surface area contributed by atoms with E-state index in [0.29, 0.717) is 43.5 Å². The molecular formula is C20H16Cl2N2O3S. The van der Waals surface area contributed by atoms with Crippen molar-refractivity contribution in [3.63, 3.8) is 0 Å². The molecule has 2 aromatic carbocycles. The van der Waals surface area contributed by atoms with Gasteiger partial charge in [0.2, 0.25) is 0 Å². The Bertz CT molecular complexity index is 1000. The molecule has 1 saturated heterocycles. The Labute approximate surface area is 177 Å². The highest BCUT2D eigenvalue weighted by Crippen LogP contribution is 2.36. The second-order valence-electron chi connectivity index (χ2n) is 5.74. The molecule has 0 saturated carbocycles. The molecule has 1 aliphatic heterocycles. The maximum atomic E-state index is 12.8. The number of amides is 1. The van der Waals surface area contributed by atoms with Gasteiger partial charge in [-0.05, 0) is 54.6 Å². The summed E-state index contributed by atoms with van der Waals surface area (Å²) in [5.41, 5.74) is 1.61. The van der Waals surface area contributed by atoms with Crippen LogP contribution in [0.1, 0.15) is 22.8 Å². The number of likely N-dealkylation sites (N-methyl/N-ethyl adjacent to an activating group) is 1. The molecule has 28 heavy (non-hydrogen) atoms. The van der Waals surface area contributed by atoms with Gasteiger partial charge in [0.1, 0.15) is 0 Å². The minimum Gasteiger partial charge on any atom is -0.465 e. The first kappa shape index (κ1) is 20.5. The molecule has 8 heteroatoms. The predicted octanol–water partition coefficient (Wildman–Crippen LogP) is 5.40. The second-order valence-corrected chi connectivity index (χ2v) is 7.53. The van der Waals surface area contributed by atoms with Crippen molar-refractivity contribution in [2.24, 2.45) is 4.99 Å². The lowest BCUT2D eigenvalue weighted by Gasteiger charge is -2.12. The fraction of sp³-hybridized carbons (Fsp3) is 0.150. The number of aliphatic imine (C=N–C) groups is 1. The molecular weight excluding hydrogens is 419 g/mol. The van der Waals surface area contributed by atoms with Gasteiger partial charge in [0.05, 0.1) is 33.3 Å². The van der Waals surface area contributed by atoms with Crippen LogP contribution < -0.4 is 0 Å². The summed E-state index contributed by atoms with van der Waals surface area (Å²) in [5.74, 6) is -0.604. The molecule has 0 radical (unpaired) electrons. The van der Waals surface area contributed by atoms with E-state index in [2.05, 4.69) is 4.99 Å².